The summed E-state index contributed by atoms with van der Waals surface area (Å²) in [6.07, 6.45) is 3.83. The van der Waals surface area contributed by atoms with Gasteiger partial charge < -0.3 is 10.6 Å². The molecule has 0 radical (unpaired) electrons. The summed E-state index contributed by atoms with van der Waals surface area (Å²) in [7, 11) is 0. The van der Waals surface area contributed by atoms with Gasteiger partial charge in [0, 0.05) is 12.6 Å². The highest BCUT2D eigenvalue weighted by Gasteiger charge is 2.12. The molecule has 88 valence electrons. The van der Waals surface area contributed by atoms with Gasteiger partial charge in [-0.25, -0.2) is 4.98 Å². The van der Waals surface area contributed by atoms with Crippen molar-refractivity contribution < 1.29 is 0 Å². The number of aryl methyl sites for hydroxylation is 2. The minimum atomic E-state index is 0.541. The van der Waals surface area contributed by atoms with Crippen LogP contribution in [-0.2, 0) is 0 Å². The number of hydrogen-bond acceptors (Lipinski definition) is 5. The Labute approximate surface area is 96.1 Å². The Morgan fingerprint density at radius 2 is 2.12 bits per heavy atom. The summed E-state index contributed by atoms with van der Waals surface area (Å²) in [5.74, 6) is 0.635. The summed E-state index contributed by atoms with van der Waals surface area (Å²) in [5, 5.41) is 14.8. The van der Waals surface area contributed by atoms with Crippen LogP contribution in [0.1, 0.15) is 30.7 Å². The van der Waals surface area contributed by atoms with Gasteiger partial charge in [0.2, 0.25) is 5.95 Å². The van der Waals surface area contributed by atoms with Crippen molar-refractivity contribution in [3.63, 3.8) is 0 Å². The van der Waals surface area contributed by atoms with Crippen LogP contribution in [0.5, 0.6) is 0 Å². The molecular weight excluding hydrogens is 202 g/mol. The van der Waals surface area contributed by atoms with E-state index in [0.29, 0.717) is 12.0 Å². The van der Waals surface area contributed by atoms with E-state index in [1.54, 1.807) is 0 Å². The fraction of sp³-hybridized carbons (Fsp3) is 0.727. The average molecular weight is 221 g/mol. The largest absolute Gasteiger partial charge is 0.351 e. The van der Waals surface area contributed by atoms with Gasteiger partial charge in [0.15, 0.2) is 0 Å². The summed E-state index contributed by atoms with van der Waals surface area (Å²) in [4.78, 5) is 4.34. The van der Waals surface area contributed by atoms with Gasteiger partial charge in [-0.1, -0.05) is 6.42 Å². The van der Waals surface area contributed by atoms with E-state index in [1.165, 1.54) is 19.3 Å². The minimum absolute atomic E-state index is 0.541. The molecular formula is C11H19N5. The Bertz CT molecular complexity index is 346. The van der Waals surface area contributed by atoms with Gasteiger partial charge in [0.25, 0.3) is 0 Å². The van der Waals surface area contributed by atoms with E-state index in [1.807, 2.05) is 13.8 Å². The Balaban J connectivity index is 1.86. The van der Waals surface area contributed by atoms with Gasteiger partial charge in [-0.05, 0) is 33.2 Å². The van der Waals surface area contributed by atoms with Crippen LogP contribution < -0.4 is 10.6 Å². The predicted octanol–water partition coefficient (Wildman–Crippen LogP) is 1.04. The lowest BCUT2D eigenvalue weighted by Gasteiger charge is -2.23. The highest BCUT2D eigenvalue weighted by molar-refractivity contribution is 5.24. The van der Waals surface area contributed by atoms with E-state index < -0.39 is 0 Å². The Morgan fingerprint density at radius 1 is 1.25 bits per heavy atom. The number of rotatable bonds is 3. The molecule has 1 aliphatic heterocycles. The van der Waals surface area contributed by atoms with Crippen molar-refractivity contribution in [1.29, 1.82) is 0 Å². The van der Waals surface area contributed by atoms with Crippen LogP contribution >= 0.6 is 0 Å². The fourth-order valence-corrected chi connectivity index (χ4v) is 1.84. The third-order valence-electron chi connectivity index (χ3n) is 3.01. The maximum Gasteiger partial charge on any atom is 0.243 e. The molecule has 0 aromatic carbocycles. The van der Waals surface area contributed by atoms with Crippen molar-refractivity contribution in [1.82, 2.24) is 20.5 Å². The fourth-order valence-electron chi connectivity index (χ4n) is 1.84. The van der Waals surface area contributed by atoms with Crippen LogP contribution in [0.3, 0.4) is 0 Å². The molecule has 1 fully saturated rings. The number of anilines is 1. The van der Waals surface area contributed by atoms with Gasteiger partial charge >= 0.3 is 0 Å². The van der Waals surface area contributed by atoms with Crippen LogP contribution in [0.4, 0.5) is 5.95 Å². The van der Waals surface area contributed by atoms with Crippen LogP contribution in [0.2, 0.25) is 0 Å². The molecule has 1 atom stereocenters. The molecule has 5 heteroatoms. The number of nitrogens with zero attached hydrogens (tertiary/aromatic N) is 3. The minimum Gasteiger partial charge on any atom is -0.351 e. The van der Waals surface area contributed by atoms with Crippen molar-refractivity contribution >= 4 is 5.95 Å². The quantitative estimate of drug-likeness (QED) is 0.798. The topological polar surface area (TPSA) is 62.7 Å². The first-order chi connectivity index (χ1) is 7.75. The van der Waals surface area contributed by atoms with Crippen LogP contribution in [0.15, 0.2) is 0 Å². The molecule has 2 rings (SSSR count). The van der Waals surface area contributed by atoms with Gasteiger partial charge in [0.05, 0.1) is 11.4 Å². The molecule has 1 aromatic rings. The summed E-state index contributed by atoms with van der Waals surface area (Å²) < 4.78 is 0. The van der Waals surface area contributed by atoms with E-state index in [-0.39, 0.29) is 0 Å². The van der Waals surface area contributed by atoms with Gasteiger partial charge in [-0.2, -0.15) is 5.10 Å². The van der Waals surface area contributed by atoms with Crippen molar-refractivity contribution in [3.8, 4) is 0 Å². The maximum atomic E-state index is 4.34. The molecule has 0 spiro atoms. The smallest absolute Gasteiger partial charge is 0.243 e. The molecule has 5 nitrogen and oxygen atoms in total. The molecule has 1 aliphatic rings. The van der Waals surface area contributed by atoms with Crippen molar-refractivity contribution in [2.24, 2.45) is 0 Å². The summed E-state index contributed by atoms with van der Waals surface area (Å²) in [6.45, 7) is 5.87. The summed E-state index contributed by atoms with van der Waals surface area (Å²) in [6, 6.07) is 0.541. The molecule has 0 aliphatic carbocycles. The lowest BCUT2D eigenvalue weighted by molar-refractivity contribution is 0.413. The molecule has 0 amide bonds. The zero-order valence-electron chi connectivity index (χ0n) is 9.95. The van der Waals surface area contributed by atoms with E-state index in [4.69, 9.17) is 0 Å². The monoisotopic (exact) mass is 221 g/mol. The predicted molar refractivity (Wildman–Crippen MR) is 63.4 cm³/mol. The van der Waals surface area contributed by atoms with E-state index in [0.717, 1.165) is 24.5 Å². The number of aromatic nitrogens is 3. The third kappa shape index (κ3) is 2.88. The first-order valence-corrected chi connectivity index (χ1v) is 5.91. The standard InChI is InChI=1S/C11H19N5/c1-8-9(2)15-16-11(14-8)13-7-10-5-3-4-6-12-10/h10,12H,3-7H2,1-2H3,(H,13,14,16). The zero-order valence-corrected chi connectivity index (χ0v) is 9.95. The molecule has 16 heavy (non-hydrogen) atoms. The Kier molecular flexibility index (Phi) is 3.66. The van der Waals surface area contributed by atoms with Crippen molar-refractivity contribution in [2.45, 2.75) is 39.2 Å². The maximum absolute atomic E-state index is 4.34. The normalized spacial score (nSPS) is 20.8. The number of nitrogens with one attached hydrogen (secondary N) is 2. The Morgan fingerprint density at radius 3 is 2.81 bits per heavy atom. The second-order valence-corrected chi connectivity index (χ2v) is 4.33. The van der Waals surface area contributed by atoms with E-state index in [2.05, 4.69) is 25.8 Å². The molecule has 1 unspecified atom stereocenters. The first kappa shape index (κ1) is 11.3. The lowest BCUT2D eigenvalue weighted by atomic mass is 10.1. The van der Waals surface area contributed by atoms with Gasteiger partial charge in [-0.3, -0.25) is 0 Å². The zero-order chi connectivity index (χ0) is 11.4. The van der Waals surface area contributed by atoms with Crippen LogP contribution in [0, 0.1) is 13.8 Å². The third-order valence-corrected chi connectivity index (χ3v) is 3.01. The second-order valence-electron chi connectivity index (χ2n) is 4.33. The molecule has 0 bridgehead atoms. The summed E-state index contributed by atoms with van der Waals surface area (Å²) >= 11 is 0. The van der Waals surface area contributed by atoms with E-state index in [9.17, 15) is 0 Å². The number of hydrogen-bond donors (Lipinski definition) is 2. The Hall–Kier alpha value is -1.23. The highest BCUT2D eigenvalue weighted by atomic mass is 15.2. The van der Waals surface area contributed by atoms with E-state index >= 15 is 0 Å². The second kappa shape index (κ2) is 5.21. The van der Waals surface area contributed by atoms with Gasteiger partial charge in [0.1, 0.15) is 0 Å². The SMILES string of the molecule is Cc1nnc(NCC2CCCCN2)nc1C. The van der Waals surface area contributed by atoms with Crippen LogP contribution in [-0.4, -0.2) is 34.3 Å². The molecule has 0 saturated carbocycles. The molecule has 2 heterocycles. The highest BCUT2D eigenvalue weighted by Crippen LogP contribution is 2.08. The van der Waals surface area contributed by atoms with Crippen molar-refractivity contribution in [2.75, 3.05) is 18.4 Å². The molecule has 1 saturated heterocycles. The first-order valence-electron chi connectivity index (χ1n) is 5.91. The van der Waals surface area contributed by atoms with Gasteiger partial charge in [-0.15, -0.1) is 5.10 Å². The number of piperidine rings is 1. The summed E-state index contributed by atoms with van der Waals surface area (Å²) in [5.41, 5.74) is 1.83. The lowest BCUT2D eigenvalue weighted by Crippen LogP contribution is -2.39. The average Bonchev–Trinajstić information content (AvgIpc) is 2.32. The van der Waals surface area contributed by atoms with Crippen LogP contribution in [0.25, 0.3) is 0 Å². The molecule has 1 aromatic heterocycles. The van der Waals surface area contributed by atoms with Crippen molar-refractivity contribution in [3.05, 3.63) is 11.4 Å². The molecule has 2 N–H and O–H groups in total.